The summed E-state index contributed by atoms with van der Waals surface area (Å²) in [6.07, 6.45) is -3.24. The van der Waals surface area contributed by atoms with Gasteiger partial charge < -0.3 is 0 Å². The first-order valence-electron chi connectivity index (χ1n) is 8.81. The molecule has 1 heterocycles. The van der Waals surface area contributed by atoms with Crippen LogP contribution in [0.15, 0.2) is 54.7 Å². The maximum absolute atomic E-state index is 13.9. The predicted octanol–water partition coefficient (Wildman–Crippen LogP) is 5.50. The zero-order chi connectivity index (χ0) is 22.3. The highest BCUT2D eigenvalue weighted by atomic mass is 19.4. The van der Waals surface area contributed by atoms with E-state index in [0.717, 1.165) is 18.2 Å². The SMILES string of the molecule is N=C(NO)c1cc(C(F)(F)F)cc(-c2ccc3cn[nH]c3c2)c1-c1cc(F)cc(F)c1. The molecule has 0 fully saturated rings. The molecule has 0 atom stereocenters. The van der Waals surface area contributed by atoms with Crippen molar-refractivity contribution in [2.75, 3.05) is 0 Å². The maximum atomic E-state index is 13.9. The van der Waals surface area contributed by atoms with Gasteiger partial charge in [-0.2, -0.15) is 18.3 Å². The van der Waals surface area contributed by atoms with Crippen LogP contribution in [0.3, 0.4) is 0 Å². The molecule has 4 N–H and O–H groups in total. The third-order valence-electron chi connectivity index (χ3n) is 4.75. The minimum absolute atomic E-state index is 0.0358. The molecule has 0 amide bonds. The Hall–Kier alpha value is -3.79. The first-order valence-corrected chi connectivity index (χ1v) is 8.81. The number of alkyl halides is 3. The summed E-state index contributed by atoms with van der Waals surface area (Å²) in [5.41, 5.74) is 0.661. The van der Waals surface area contributed by atoms with Gasteiger partial charge in [0, 0.05) is 22.6 Å². The third kappa shape index (κ3) is 3.84. The minimum Gasteiger partial charge on any atom is -0.290 e. The number of H-pyrrole nitrogens is 1. The molecule has 4 aromatic rings. The van der Waals surface area contributed by atoms with E-state index in [2.05, 4.69) is 10.2 Å². The Morgan fingerprint density at radius 1 is 0.968 bits per heavy atom. The van der Waals surface area contributed by atoms with Crippen molar-refractivity contribution in [3.8, 4) is 22.3 Å². The molecule has 0 aliphatic heterocycles. The van der Waals surface area contributed by atoms with E-state index < -0.39 is 29.2 Å². The van der Waals surface area contributed by atoms with E-state index in [1.54, 1.807) is 6.07 Å². The van der Waals surface area contributed by atoms with E-state index in [9.17, 15) is 27.2 Å². The fraction of sp³-hybridized carbons (Fsp3) is 0.0476. The van der Waals surface area contributed by atoms with Crippen LogP contribution >= 0.6 is 0 Å². The number of hydroxylamine groups is 1. The summed E-state index contributed by atoms with van der Waals surface area (Å²) >= 11 is 0. The molecular formula is C21H13F5N4O. The zero-order valence-electron chi connectivity index (χ0n) is 15.5. The Morgan fingerprint density at radius 3 is 2.32 bits per heavy atom. The number of hydrogen-bond donors (Lipinski definition) is 4. The summed E-state index contributed by atoms with van der Waals surface area (Å²) < 4.78 is 68.7. The number of fused-ring (bicyclic) bond motifs is 1. The summed E-state index contributed by atoms with van der Waals surface area (Å²) in [7, 11) is 0. The van der Waals surface area contributed by atoms with Gasteiger partial charge in [0.25, 0.3) is 0 Å². The highest BCUT2D eigenvalue weighted by Crippen LogP contribution is 2.41. The predicted molar refractivity (Wildman–Crippen MR) is 104 cm³/mol. The molecule has 4 rings (SSSR count). The number of nitrogens with zero attached hydrogens (tertiary/aromatic N) is 1. The third-order valence-corrected chi connectivity index (χ3v) is 4.75. The summed E-state index contributed by atoms with van der Waals surface area (Å²) in [6, 6.07) is 8.68. The number of aromatic nitrogens is 2. The van der Waals surface area contributed by atoms with Crippen molar-refractivity contribution in [3.63, 3.8) is 0 Å². The number of amidine groups is 1. The van der Waals surface area contributed by atoms with Crippen LogP contribution < -0.4 is 5.48 Å². The van der Waals surface area contributed by atoms with Crippen LogP contribution in [0.1, 0.15) is 11.1 Å². The van der Waals surface area contributed by atoms with E-state index in [0.29, 0.717) is 23.0 Å². The highest BCUT2D eigenvalue weighted by molar-refractivity contribution is 6.06. The standard InChI is InChI=1S/C21H13F5N4O/c22-14-3-12(4-15(23)8-14)19-16(10-1-2-11-9-28-29-18(11)5-10)6-13(21(24,25)26)7-17(19)20(27)30-31/h1-9,31H,(H2,27,30)(H,28,29). The second-order valence-electron chi connectivity index (χ2n) is 6.76. The van der Waals surface area contributed by atoms with Crippen LogP contribution in [0, 0.1) is 17.0 Å². The maximum Gasteiger partial charge on any atom is 0.416 e. The lowest BCUT2D eigenvalue weighted by molar-refractivity contribution is -0.137. The van der Waals surface area contributed by atoms with Gasteiger partial charge in [0.1, 0.15) is 17.5 Å². The number of nitrogens with one attached hydrogen (secondary N) is 3. The van der Waals surface area contributed by atoms with Gasteiger partial charge in [-0.3, -0.25) is 21.2 Å². The number of halogens is 5. The van der Waals surface area contributed by atoms with Crippen LogP contribution in [-0.4, -0.2) is 21.2 Å². The van der Waals surface area contributed by atoms with Crippen LogP contribution in [0.2, 0.25) is 0 Å². The molecular weight excluding hydrogens is 419 g/mol. The Bertz CT molecular complexity index is 1290. The van der Waals surface area contributed by atoms with E-state index in [1.165, 1.54) is 23.8 Å². The lowest BCUT2D eigenvalue weighted by Gasteiger charge is -2.19. The monoisotopic (exact) mass is 432 g/mol. The van der Waals surface area contributed by atoms with E-state index in [1.807, 2.05) is 0 Å². The second-order valence-corrected chi connectivity index (χ2v) is 6.76. The topological polar surface area (TPSA) is 84.8 Å². The van der Waals surface area contributed by atoms with Gasteiger partial charge in [-0.1, -0.05) is 12.1 Å². The number of rotatable bonds is 3. The van der Waals surface area contributed by atoms with Crippen LogP contribution in [0.4, 0.5) is 22.0 Å². The van der Waals surface area contributed by atoms with Crippen molar-refractivity contribution < 1.29 is 27.2 Å². The lowest BCUT2D eigenvalue weighted by Crippen LogP contribution is -2.21. The number of hydrogen-bond acceptors (Lipinski definition) is 3. The molecule has 1 aromatic heterocycles. The van der Waals surface area contributed by atoms with Gasteiger partial charge in [-0.05, 0) is 47.0 Å². The van der Waals surface area contributed by atoms with Gasteiger partial charge in [0.05, 0.1) is 17.3 Å². The normalized spacial score (nSPS) is 11.7. The van der Waals surface area contributed by atoms with Gasteiger partial charge in [-0.15, -0.1) is 0 Å². The summed E-state index contributed by atoms with van der Waals surface area (Å²) in [5, 5.41) is 24.4. The van der Waals surface area contributed by atoms with Crippen molar-refractivity contribution in [1.82, 2.24) is 15.7 Å². The summed E-state index contributed by atoms with van der Waals surface area (Å²) in [6.45, 7) is 0. The molecule has 0 aliphatic carbocycles. The van der Waals surface area contributed by atoms with Crippen molar-refractivity contribution in [2.45, 2.75) is 6.18 Å². The Kier molecular flexibility index (Phi) is 4.94. The van der Waals surface area contributed by atoms with E-state index >= 15 is 0 Å². The van der Waals surface area contributed by atoms with Gasteiger partial charge in [0.15, 0.2) is 0 Å². The first-order chi connectivity index (χ1) is 14.7. The Labute approximate surface area is 171 Å². The molecule has 0 aliphatic rings. The lowest BCUT2D eigenvalue weighted by atomic mass is 9.87. The number of aromatic amines is 1. The average molecular weight is 432 g/mol. The highest BCUT2D eigenvalue weighted by Gasteiger charge is 2.33. The fourth-order valence-corrected chi connectivity index (χ4v) is 3.40. The Morgan fingerprint density at radius 2 is 1.68 bits per heavy atom. The van der Waals surface area contributed by atoms with Crippen LogP contribution in [-0.2, 0) is 6.18 Å². The quantitative estimate of drug-likeness (QED) is 0.149. The molecule has 0 saturated heterocycles. The van der Waals surface area contributed by atoms with Crippen LogP contribution in [0.5, 0.6) is 0 Å². The molecule has 5 nitrogen and oxygen atoms in total. The van der Waals surface area contributed by atoms with Gasteiger partial charge in [0.2, 0.25) is 0 Å². The van der Waals surface area contributed by atoms with Crippen molar-refractivity contribution in [1.29, 1.82) is 5.41 Å². The Balaban J connectivity index is 2.12. The molecule has 0 bridgehead atoms. The summed E-state index contributed by atoms with van der Waals surface area (Å²) in [5.74, 6) is -2.66. The number of benzene rings is 3. The largest absolute Gasteiger partial charge is 0.416 e. The molecule has 0 unspecified atom stereocenters. The fourth-order valence-electron chi connectivity index (χ4n) is 3.40. The molecule has 31 heavy (non-hydrogen) atoms. The molecule has 10 heteroatoms. The minimum atomic E-state index is -4.77. The van der Waals surface area contributed by atoms with Crippen molar-refractivity contribution >= 4 is 16.7 Å². The smallest absolute Gasteiger partial charge is 0.290 e. The van der Waals surface area contributed by atoms with Gasteiger partial charge >= 0.3 is 6.18 Å². The second kappa shape index (κ2) is 7.47. The molecule has 3 aromatic carbocycles. The van der Waals surface area contributed by atoms with Crippen LogP contribution in [0.25, 0.3) is 33.2 Å². The average Bonchev–Trinajstić information content (AvgIpc) is 3.18. The zero-order valence-corrected chi connectivity index (χ0v) is 15.5. The van der Waals surface area contributed by atoms with Gasteiger partial charge in [-0.25, -0.2) is 8.78 Å². The van der Waals surface area contributed by atoms with Crippen molar-refractivity contribution in [3.05, 3.63) is 77.5 Å². The van der Waals surface area contributed by atoms with E-state index in [-0.39, 0.29) is 27.8 Å². The molecule has 0 spiro atoms. The van der Waals surface area contributed by atoms with E-state index in [4.69, 9.17) is 5.41 Å². The summed E-state index contributed by atoms with van der Waals surface area (Å²) in [4.78, 5) is 0. The van der Waals surface area contributed by atoms with Crippen molar-refractivity contribution in [2.24, 2.45) is 0 Å². The molecule has 0 saturated carbocycles. The molecule has 158 valence electrons. The molecule has 0 radical (unpaired) electrons. The first kappa shape index (κ1) is 20.5.